The summed E-state index contributed by atoms with van der Waals surface area (Å²) in [5, 5.41) is -0.0622. The first-order valence-corrected chi connectivity index (χ1v) is 9.79. The standard InChI is InChI=1S/C20H24FNO5S/c1-4-27-18(24)11-15-12-22(10-9-17(15)28-13(2)23)19(20(25)26-3)14-5-7-16(21)8-6-14/h5-8,19H,4,9-12H2,1-3H3/t19-/m0/s1. The molecule has 0 saturated heterocycles. The molecule has 0 fully saturated rings. The van der Waals surface area contributed by atoms with E-state index in [1.807, 2.05) is 4.90 Å². The predicted octanol–water partition coefficient (Wildman–Crippen LogP) is 3.23. The molecule has 1 atom stereocenters. The predicted molar refractivity (Wildman–Crippen MR) is 104 cm³/mol. The Hall–Kier alpha value is -2.19. The van der Waals surface area contributed by atoms with Crippen LogP contribution in [0.5, 0.6) is 0 Å². The van der Waals surface area contributed by atoms with Gasteiger partial charge in [0.25, 0.3) is 0 Å². The molecule has 152 valence electrons. The van der Waals surface area contributed by atoms with Gasteiger partial charge in [0.15, 0.2) is 5.12 Å². The van der Waals surface area contributed by atoms with Gasteiger partial charge in [-0.3, -0.25) is 14.5 Å². The van der Waals surface area contributed by atoms with E-state index in [9.17, 15) is 18.8 Å². The maximum Gasteiger partial charge on any atom is 0.327 e. The van der Waals surface area contributed by atoms with E-state index in [0.29, 0.717) is 25.1 Å². The first kappa shape index (κ1) is 22.1. The lowest BCUT2D eigenvalue weighted by atomic mass is 10.00. The molecular weight excluding hydrogens is 385 g/mol. The molecule has 1 heterocycles. The molecule has 1 aromatic carbocycles. The lowest BCUT2D eigenvalue weighted by Gasteiger charge is -2.35. The molecule has 1 aliphatic rings. The van der Waals surface area contributed by atoms with E-state index >= 15 is 0 Å². The highest BCUT2D eigenvalue weighted by Crippen LogP contribution is 2.34. The normalized spacial score (nSPS) is 15.9. The number of esters is 2. The Morgan fingerprint density at radius 1 is 1.25 bits per heavy atom. The number of rotatable bonds is 7. The quantitative estimate of drug-likeness (QED) is 0.640. The van der Waals surface area contributed by atoms with Crippen molar-refractivity contribution in [3.8, 4) is 0 Å². The lowest BCUT2D eigenvalue weighted by molar-refractivity contribution is -0.147. The third kappa shape index (κ3) is 5.90. The lowest BCUT2D eigenvalue weighted by Crippen LogP contribution is -2.40. The van der Waals surface area contributed by atoms with Gasteiger partial charge in [0.1, 0.15) is 11.9 Å². The van der Waals surface area contributed by atoms with Crippen LogP contribution in [-0.4, -0.2) is 48.8 Å². The van der Waals surface area contributed by atoms with Crippen LogP contribution >= 0.6 is 11.8 Å². The summed E-state index contributed by atoms with van der Waals surface area (Å²) in [6.07, 6.45) is 0.574. The molecule has 0 radical (unpaired) electrons. The van der Waals surface area contributed by atoms with Gasteiger partial charge in [0, 0.05) is 20.0 Å². The first-order chi connectivity index (χ1) is 13.3. The van der Waals surface area contributed by atoms with Crippen LogP contribution in [0.15, 0.2) is 34.7 Å². The molecule has 28 heavy (non-hydrogen) atoms. The second-order valence-electron chi connectivity index (χ2n) is 6.30. The van der Waals surface area contributed by atoms with Gasteiger partial charge in [-0.1, -0.05) is 23.9 Å². The number of benzene rings is 1. The molecule has 0 spiro atoms. The number of hydrogen-bond acceptors (Lipinski definition) is 7. The molecule has 0 N–H and O–H groups in total. The van der Waals surface area contributed by atoms with Crippen molar-refractivity contribution < 1.29 is 28.2 Å². The monoisotopic (exact) mass is 409 g/mol. The van der Waals surface area contributed by atoms with E-state index in [1.165, 1.54) is 26.2 Å². The molecule has 8 heteroatoms. The fourth-order valence-corrected chi connectivity index (χ4v) is 3.97. The van der Waals surface area contributed by atoms with E-state index in [4.69, 9.17) is 9.47 Å². The Morgan fingerprint density at radius 2 is 1.93 bits per heavy atom. The Labute approximate surface area is 168 Å². The molecule has 0 bridgehead atoms. The number of ether oxygens (including phenoxy) is 2. The topological polar surface area (TPSA) is 72.9 Å². The molecule has 1 aromatic rings. The van der Waals surface area contributed by atoms with Crippen molar-refractivity contribution >= 4 is 28.8 Å². The summed E-state index contributed by atoms with van der Waals surface area (Å²) in [4.78, 5) is 38.8. The fourth-order valence-electron chi connectivity index (χ4n) is 3.14. The summed E-state index contributed by atoms with van der Waals surface area (Å²) < 4.78 is 23.3. The zero-order valence-corrected chi connectivity index (χ0v) is 17.0. The number of thioether (sulfide) groups is 1. The van der Waals surface area contributed by atoms with Gasteiger partial charge >= 0.3 is 11.9 Å². The minimum Gasteiger partial charge on any atom is -0.468 e. The van der Waals surface area contributed by atoms with Gasteiger partial charge in [-0.25, -0.2) is 9.18 Å². The second kappa shape index (κ2) is 10.4. The number of halogens is 1. The van der Waals surface area contributed by atoms with E-state index in [2.05, 4.69) is 0 Å². The van der Waals surface area contributed by atoms with Crippen LogP contribution in [0.1, 0.15) is 38.3 Å². The van der Waals surface area contributed by atoms with E-state index in [0.717, 1.165) is 22.2 Å². The van der Waals surface area contributed by atoms with Crippen molar-refractivity contribution in [3.63, 3.8) is 0 Å². The van der Waals surface area contributed by atoms with Gasteiger partial charge in [-0.2, -0.15) is 0 Å². The van der Waals surface area contributed by atoms with E-state index in [-0.39, 0.29) is 24.1 Å². The molecule has 0 aliphatic carbocycles. The molecule has 2 rings (SSSR count). The average molecular weight is 409 g/mol. The molecule has 1 aliphatic heterocycles. The molecule has 0 unspecified atom stereocenters. The van der Waals surface area contributed by atoms with Gasteiger partial charge < -0.3 is 9.47 Å². The number of carbonyl (C=O) groups excluding carboxylic acids is 3. The van der Waals surface area contributed by atoms with Crippen LogP contribution in [0.2, 0.25) is 0 Å². The van der Waals surface area contributed by atoms with Crippen molar-refractivity contribution in [2.75, 3.05) is 26.8 Å². The van der Waals surface area contributed by atoms with Crippen molar-refractivity contribution in [3.05, 3.63) is 46.1 Å². The molecular formula is C20H24FNO5S. The van der Waals surface area contributed by atoms with Crippen LogP contribution in [0.25, 0.3) is 0 Å². The van der Waals surface area contributed by atoms with Crippen molar-refractivity contribution in [2.45, 2.75) is 32.7 Å². The summed E-state index contributed by atoms with van der Waals surface area (Å²) in [5.74, 6) is -1.24. The average Bonchev–Trinajstić information content (AvgIpc) is 2.65. The summed E-state index contributed by atoms with van der Waals surface area (Å²) in [6, 6.07) is 4.95. The minimum absolute atomic E-state index is 0.0528. The Balaban J connectivity index is 2.32. The van der Waals surface area contributed by atoms with Crippen LogP contribution in [0, 0.1) is 5.82 Å². The Morgan fingerprint density at radius 3 is 2.50 bits per heavy atom. The second-order valence-corrected chi connectivity index (χ2v) is 7.57. The van der Waals surface area contributed by atoms with Crippen molar-refractivity contribution in [2.24, 2.45) is 0 Å². The van der Waals surface area contributed by atoms with Gasteiger partial charge in [0.2, 0.25) is 0 Å². The molecule has 0 saturated carbocycles. The Bertz CT molecular complexity index is 762. The highest BCUT2D eigenvalue weighted by molar-refractivity contribution is 8.16. The summed E-state index contributed by atoms with van der Waals surface area (Å²) in [7, 11) is 1.30. The highest BCUT2D eigenvalue weighted by atomic mass is 32.2. The number of hydrogen-bond donors (Lipinski definition) is 0. The molecule has 0 aromatic heterocycles. The largest absolute Gasteiger partial charge is 0.468 e. The van der Waals surface area contributed by atoms with Crippen LogP contribution < -0.4 is 0 Å². The van der Waals surface area contributed by atoms with Crippen LogP contribution in [-0.2, 0) is 23.9 Å². The smallest absolute Gasteiger partial charge is 0.327 e. The highest BCUT2D eigenvalue weighted by Gasteiger charge is 2.33. The summed E-state index contributed by atoms with van der Waals surface area (Å²) >= 11 is 1.11. The van der Waals surface area contributed by atoms with Crippen molar-refractivity contribution in [1.29, 1.82) is 0 Å². The third-order valence-corrected chi connectivity index (χ3v) is 5.35. The van der Waals surface area contributed by atoms with Gasteiger partial charge in [0.05, 0.1) is 20.1 Å². The summed E-state index contributed by atoms with van der Waals surface area (Å²) in [5.41, 5.74) is 1.35. The van der Waals surface area contributed by atoms with Gasteiger partial charge in [-0.05, 0) is 41.5 Å². The van der Waals surface area contributed by atoms with Gasteiger partial charge in [-0.15, -0.1) is 0 Å². The van der Waals surface area contributed by atoms with E-state index in [1.54, 1.807) is 19.1 Å². The SMILES string of the molecule is CCOC(=O)CC1=C(SC(C)=O)CCN([C@H](C(=O)OC)c2ccc(F)cc2)C1. The molecule has 0 amide bonds. The zero-order valence-electron chi connectivity index (χ0n) is 16.2. The number of methoxy groups -OCH3 is 1. The van der Waals surface area contributed by atoms with E-state index < -0.39 is 17.8 Å². The zero-order chi connectivity index (χ0) is 20.7. The number of carbonyl (C=O) groups is 3. The summed E-state index contributed by atoms with van der Waals surface area (Å²) in [6.45, 7) is 4.28. The van der Waals surface area contributed by atoms with Crippen LogP contribution in [0.4, 0.5) is 4.39 Å². The minimum atomic E-state index is -0.730. The first-order valence-electron chi connectivity index (χ1n) is 8.98. The van der Waals surface area contributed by atoms with Crippen molar-refractivity contribution in [1.82, 2.24) is 4.90 Å². The maximum atomic E-state index is 13.3. The Kier molecular flexibility index (Phi) is 8.19. The maximum absolute atomic E-state index is 13.3. The number of nitrogens with zero attached hydrogens (tertiary/aromatic N) is 1. The van der Waals surface area contributed by atoms with Crippen LogP contribution in [0.3, 0.4) is 0 Å². The fraction of sp³-hybridized carbons (Fsp3) is 0.450. The molecule has 6 nitrogen and oxygen atoms in total. The third-order valence-electron chi connectivity index (χ3n) is 4.32.